The lowest BCUT2D eigenvalue weighted by atomic mass is 10.2. The molecule has 0 aromatic carbocycles. The van der Waals surface area contributed by atoms with Gasteiger partial charge >= 0.3 is 0 Å². The van der Waals surface area contributed by atoms with E-state index in [0.717, 1.165) is 50.3 Å². The number of thioether (sulfide) groups is 1. The number of nitrogens with two attached hydrogens (primary N) is 1. The zero-order valence-electron chi connectivity index (χ0n) is 12.3. The van der Waals surface area contributed by atoms with Crippen molar-refractivity contribution < 1.29 is 8.42 Å². The van der Waals surface area contributed by atoms with Gasteiger partial charge in [0.15, 0.2) is 20.6 Å². The Labute approximate surface area is 130 Å². The van der Waals surface area contributed by atoms with Gasteiger partial charge in [-0.15, -0.1) is 0 Å². The van der Waals surface area contributed by atoms with Crippen LogP contribution in [-0.4, -0.2) is 49.0 Å². The first-order chi connectivity index (χ1) is 9.98. The summed E-state index contributed by atoms with van der Waals surface area (Å²) in [6, 6.07) is 0.249. The average molecular weight is 330 g/mol. The molecule has 3 rings (SSSR count). The molecule has 0 amide bonds. The van der Waals surface area contributed by atoms with E-state index in [1.807, 2.05) is 11.8 Å². The number of nitrogens with zero attached hydrogens (tertiary/aromatic N) is 3. The van der Waals surface area contributed by atoms with Crippen molar-refractivity contribution in [1.82, 2.24) is 9.78 Å². The molecule has 118 valence electrons. The highest BCUT2D eigenvalue weighted by molar-refractivity contribution is 7.99. The molecule has 0 atom stereocenters. The fourth-order valence-corrected chi connectivity index (χ4v) is 5.06. The third-order valence-corrected chi connectivity index (χ3v) is 6.31. The van der Waals surface area contributed by atoms with Gasteiger partial charge in [-0.1, -0.05) is 12.8 Å². The van der Waals surface area contributed by atoms with E-state index in [1.165, 1.54) is 6.26 Å². The lowest BCUT2D eigenvalue weighted by molar-refractivity contribution is 0.472. The fourth-order valence-electron chi connectivity index (χ4n) is 3.18. The molecule has 1 aromatic rings. The molecular weight excluding hydrogens is 308 g/mol. The third-order valence-electron chi connectivity index (χ3n) is 4.24. The van der Waals surface area contributed by atoms with E-state index in [2.05, 4.69) is 10.00 Å². The Hall–Kier alpha value is -0.890. The maximum Gasteiger partial charge on any atom is 0.182 e. The topological polar surface area (TPSA) is 81.2 Å². The van der Waals surface area contributed by atoms with Gasteiger partial charge in [0.1, 0.15) is 5.82 Å². The molecule has 1 aliphatic heterocycles. The number of sulfone groups is 1. The Bertz CT molecular complexity index is 614. The predicted molar refractivity (Wildman–Crippen MR) is 86.8 cm³/mol. The van der Waals surface area contributed by atoms with E-state index >= 15 is 0 Å². The molecule has 2 N–H and O–H groups in total. The first-order valence-corrected chi connectivity index (χ1v) is 10.4. The van der Waals surface area contributed by atoms with Crippen LogP contribution in [-0.2, 0) is 9.84 Å². The monoisotopic (exact) mass is 330 g/mol. The number of anilines is 2. The summed E-state index contributed by atoms with van der Waals surface area (Å²) >= 11 is 1.89. The number of hydrogen-bond donors (Lipinski definition) is 1. The van der Waals surface area contributed by atoms with Crippen LogP contribution in [0, 0.1) is 0 Å². The molecular formula is C13H22N4O2S2. The minimum absolute atomic E-state index is 0.223. The lowest BCUT2D eigenvalue weighted by Gasteiger charge is -2.26. The highest BCUT2D eigenvalue weighted by atomic mass is 32.2. The highest BCUT2D eigenvalue weighted by Gasteiger charge is 2.31. The second kappa shape index (κ2) is 5.72. The van der Waals surface area contributed by atoms with Crippen LogP contribution in [0.15, 0.2) is 4.90 Å². The molecule has 21 heavy (non-hydrogen) atoms. The molecule has 2 fully saturated rings. The SMILES string of the molecule is CS(=O)(=O)c1c(N2CCSCC2)nn(C2CCCC2)c1N. The van der Waals surface area contributed by atoms with Crippen LogP contribution in [0.3, 0.4) is 0 Å². The van der Waals surface area contributed by atoms with Crippen LogP contribution in [0.2, 0.25) is 0 Å². The summed E-state index contributed by atoms with van der Waals surface area (Å²) < 4.78 is 26.1. The Kier molecular flexibility index (Phi) is 4.09. The Morgan fingerprint density at radius 2 is 1.86 bits per heavy atom. The van der Waals surface area contributed by atoms with E-state index in [0.29, 0.717) is 11.6 Å². The van der Waals surface area contributed by atoms with Gasteiger partial charge in [0, 0.05) is 30.9 Å². The largest absolute Gasteiger partial charge is 0.383 e. The van der Waals surface area contributed by atoms with Crippen LogP contribution < -0.4 is 10.6 Å². The van der Waals surface area contributed by atoms with Gasteiger partial charge in [0.05, 0.1) is 6.04 Å². The van der Waals surface area contributed by atoms with Crippen molar-refractivity contribution in [2.45, 2.75) is 36.6 Å². The van der Waals surface area contributed by atoms with E-state index in [-0.39, 0.29) is 10.9 Å². The van der Waals surface area contributed by atoms with Crippen molar-refractivity contribution in [3.8, 4) is 0 Å². The number of rotatable bonds is 3. The van der Waals surface area contributed by atoms with E-state index in [1.54, 1.807) is 4.68 Å². The third kappa shape index (κ3) is 2.88. The van der Waals surface area contributed by atoms with Crippen molar-refractivity contribution >= 4 is 33.2 Å². The van der Waals surface area contributed by atoms with Gasteiger partial charge in [-0.3, -0.25) is 0 Å². The summed E-state index contributed by atoms with van der Waals surface area (Å²) in [5, 5.41) is 4.61. The normalized spacial score (nSPS) is 21.1. The van der Waals surface area contributed by atoms with E-state index in [4.69, 9.17) is 5.73 Å². The molecule has 2 heterocycles. The van der Waals surface area contributed by atoms with Crippen molar-refractivity contribution in [2.24, 2.45) is 0 Å². The van der Waals surface area contributed by atoms with Crippen LogP contribution in [0.25, 0.3) is 0 Å². The van der Waals surface area contributed by atoms with Gasteiger partial charge in [-0.05, 0) is 12.8 Å². The maximum atomic E-state index is 12.2. The molecule has 0 radical (unpaired) electrons. The van der Waals surface area contributed by atoms with Gasteiger partial charge in [0.25, 0.3) is 0 Å². The average Bonchev–Trinajstić information content (AvgIpc) is 3.06. The summed E-state index contributed by atoms with van der Waals surface area (Å²) in [5.41, 5.74) is 6.17. The van der Waals surface area contributed by atoms with Crippen LogP contribution in [0.1, 0.15) is 31.7 Å². The lowest BCUT2D eigenvalue weighted by Crippen LogP contribution is -2.33. The second-order valence-corrected chi connectivity index (χ2v) is 8.97. The van der Waals surface area contributed by atoms with Crippen molar-refractivity contribution in [3.05, 3.63) is 0 Å². The van der Waals surface area contributed by atoms with Crippen molar-refractivity contribution in [2.75, 3.05) is 41.5 Å². The minimum atomic E-state index is -3.38. The van der Waals surface area contributed by atoms with Crippen molar-refractivity contribution in [3.63, 3.8) is 0 Å². The molecule has 1 saturated heterocycles. The first kappa shape index (κ1) is 15.0. The first-order valence-electron chi connectivity index (χ1n) is 7.39. The Morgan fingerprint density at radius 3 is 2.43 bits per heavy atom. The van der Waals surface area contributed by atoms with Gasteiger partial charge in [-0.25, -0.2) is 13.1 Å². The number of hydrogen-bond acceptors (Lipinski definition) is 6. The summed E-state index contributed by atoms with van der Waals surface area (Å²) in [5.74, 6) is 2.87. The highest BCUT2D eigenvalue weighted by Crippen LogP contribution is 2.37. The van der Waals surface area contributed by atoms with Gasteiger partial charge in [0.2, 0.25) is 0 Å². The molecule has 8 heteroatoms. The summed E-state index contributed by atoms with van der Waals surface area (Å²) in [4.78, 5) is 2.29. The standard InChI is InChI=1S/C13H22N4O2S2/c1-21(18,19)11-12(14)17(10-4-2-3-5-10)15-13(11)16-6-8-20-9-7-16/h10H,2-9,14H2,1H3. The summed E-state index contributed by atoms with van der Waals surface area (Å²) in [6.45, 7) is 1.66. The van der Waals surface area contributed by atoms with Crippen LogP contribution >= 0.6 is 11.8 Å². The molecule has 0 unspecified atom stereocenters. The molecule has 0 bridgehead atoms. The molecule has 1 aromatic heterocycles. The Balaban J connectivity index is 2.06. The van der Waals surface area contributed by atoms with Crippen LogP contribution in [0.5, 0.6) is 0 Å². The van der Waals surface area contributed by atoms with Crippen molar-refractivity contribution in [1.29, 1.82) is 0 Å². The Morgan fingerprint density at radius 1 is 1.24 bits per heavy atom. The molecule has 6 nitrogen and oxygen atoms in total. The van der Waals surface area contributed by atoms with E-state index in [9.17, 15) is 8.42 Å². The fraction of sp³-hybridized carbons (Fsp3) is 0.769. The molecule has 1 aliphatic carbocycles. The van der Waals surface area contributed by atoms with E-state index < -0.39 is 9.84 Å². The molecule has 1 saturated carbocycles. The van der Waals surface area contributed by atoms with Crippen LogP contribution in [0.4, 0.5) is 11.6 Å². The second-order valence-electron chi connectivity index (χ2n) is 5.79. The van der Waals surface area contributed by atoms with Gasteiger partial charge in [-0.2, -0.15) is 16.9 Å². The summed E-state index contributed by atoms with van der Waals surface area (Å²) in [7, 11) is -3.38. The quantitative estimate of drug-likeness (QED) is 0.905. The number of nitrogen functional groups attached to an aromatic ring is 1. The zero-order valence-corrected chi connectivity index (χ0v) is 13.9. The molecule has 0 spiro atoms. The molecule has 2 aliphatic rings. The van der Waals surface area contributed by atoms with Gasteiger partial charge < -0.3 is 10.6 Å². The summed E-state index contributed by atoms with van der Waals surface area (Å²) in [6.07, 6.45) is 5.61. The maximum absolute atomic E-state index is 12.2. The zero-order chi connectivity index (χ0) is 15.0. The minimum Gasteiger partial charge on any atom is -0.383 e. The number of aromatic nitrogens is 2. The smallest absolute Gasteiger partial charge is 0.182 e. The predicted octanol–water partition coefficient (Wildman–Crippen LogP) is 1.54.